The van der Waals surface area contributed by atoms with Crippen molar-refractivity contribution in [1.82, 2.24) is 4.90 Å². The molecule has 0 amide bonds. The summed E-state index contributed by atoms with van der Waals surface area (Å²) in [6.07, 6.45) is 4.72. The van der Waals surface area contributed by atoms with Gasteiger partial charge in [-0.3, -0.25) is 9.69 Å². The van der Waals surface area contributed by atoms with Gasteiger partial charge < -0.3 is 24.2 Å². The molecule has 0 radical (unpaired) electrons. The predicted molar refractivity (Wildman–Crippen MR) is 151 cm³/mol. The molecule has 1 spiro atoms. The average molecular weight is 567 g/mol. The number of methoxy groups -OCH3 is 1. The molecule has 6 atom stereocenters. The zero-order valence-electron chi connectivity index (χ0n) is 23.2. The molecule has 9 heteroatoms. The summed E-state index contributed by atoms with van der Waals surface area (Å²) in [4.78, 5) is 30.4. The van der Waals surface area contributed by atoms with Crippen LogP contribution < -0.4 is 9.64 Å². The Balaban J connectivity index is 1.53. The van der Waals surface area contributed by atoms with Crippen LogP contribution >= 0.6 is 11.6 Å². The molecule has 8 nitrogen and oxygen atoms in total. The van der Waals surface area contributed by atoms with Crippen LogP contribution in [0.4, 0.5) is 5.69 Å². The van der Waals surface area contributed by atoms with Crippen LogP contribution in [0.2, 0.25) is 5.02 Å². The molecule has 1 saturated carbocycles. The number of carbonyl (C=O) groups excluding carboxylic acids is 2. The van der Waals surface area contributed by atoms with Crippen molar-refractivity contribution in [3.63, 3.8) is 0 Å². The number of aliphatic hydroxyl groups is 1. The third kappa shape index (κ3) is 3.58. The van der Waals surface area contributed by atoms with Gasteiger partial charge in [0.15, 0.2) is 5.60 Å². The quantitative estimate of drug-likeness (QED) is 0.415. The van der Waals surface area contributed by atoms with Crippen molar-refractivity contribution < 1.29 is 28.9 Å². The van der Waals surface area contributed by atoms with Crippen LogP contribution in [0, 0.1) is 5.41 Å². The molecular weight excluding hydrogens is 532 g/mol. The Morgan fingerprint density at radius 2 is 1.90 bits per heavy atom. The molecule has 2 fully saturated rings. The van der Waals surface area contributed by atoms with E-state index in [1.54, 1.807) is 31.4 Å². The molecule has 3 heterocycles. The number of esters is 2. The summed E-state index contributed by atoms with van der Waals surface area (Å²) in [5.41, 5.74) is -0.542. The molecule has 2 aromatic carbocycles. The van der Waals surface area contributed by atoms with Crippen molar-refractivity contribution in [2.75, 3.05) is 38.8 Å². The van der Waals surface area contributed by atoms with Gasteiger partial charge in [-0.2, -0.15) is 0 Å². The van der Waals surface area contributed by atoms with Gasteiger partial charge in [0.2, 0.25) is 0 Å². The smallest absolute Gasteiger partial charge is 0.338 e. The summed E-state index contributed by atoms with van der Waals surface area (Å²) >= 11 is 6.01. The van der Waals surface area contributed by atoms with Gasteiger partial charge in [-0.05, 0) is 55.3 Å². The third-order valence-electron chi connectivity index (χ3n) is 9.73. The van der Waals surface area contributed by atoms with E-state index in [-0.39, 0.29) is 12.6 Å². The zero-order chi connectivity index (χ0) is 28.4. The lowest BCUT2D eigenvalue weighted by Crippen LogP contribution is -2.80. The molecule has 2 aromatic rings. The largest absolute Gasteiger partial charge is 0.497 e. The number of ether oxygens (including phenoxy) is 3. The van der Waals surface area contributed by atoms with Crippen LogP contribution in [0.3, 0.4) is 0 Å². The number of carbonyl (C=O) groups is 2. The number of hydrogen-bond donors (Lipinski definition) is 1. The van der Waals surface area contributed by atoms with E-state index in [2.05, 4.69) is 34.9 Å². The maximum atomic E-state index is 13.2. The van der Waals surface area contributed by atoms with E-state index in [0.717, 1.165) is 36.5 Å². The van der Waals surface area contributed by atoms with E-state index in [0.29, 0.717) is 17.0 Å². The van der Waals surface area contributed by atoms with Crippen LogP contribution in [-0.2, 0) is 19.7 Å². The van der Waals surface area contributed by atoms with Gasteiger partial charge in [-0.25, -0.2) is 4.79 Å². The Bertz CT molecular complexity index is 1380. The van der Waals surface area contributed by atoms with Gasteiger partial charge in [0.05, 0.1) is 18.7 Å². The lowest BCUT2D eigenvalue weighted by Gasteiger charge is -2.64. The first-order valence-corrected chi connectivity index (χ1v) is 14.2. The molecule has 3 aliphatic heterocycles. The summed E-state index contributed by atoms with van der Waals surface area (Å²) in [7, 11) is 3.59. The normalized spacial score (nSPS) is 33.6. The first-order chi connectivity index (χ1) is 19.1. The van der Waals surface area contributed by atoms with Crippen molar-refractivity contribution in [3.05, 3.63) is 70.8 Å². The fourth-order valence-electron chi connectivity index (χ4n) is 8.46. The van der Waals surface area contributed by atoms with E-state index in [1.807, 2.05) is 19.2 Å². The molecule has 0 aromatic heterocycles. The summed E-state index contributed by atoms with van der Waals surface area (Å²) in [6.45, 7) is 4.70. The number of nitrogens with zero attached hydrogens (tertiary/aromatic N) is 2. The Hall–Kier alpha value is -3.07. The number of anilines is 1. The minimum atomic E-state index is -1.74. The summed E-state index contributed by atoms with van der Waals surface area (Å²) < 4.78 is 17.6. The zero-order valence-corrected chi connectivity index (χ0v) is 24.0. The predicted octanol–water partition coefficient (Wildman–Crippen LogP) is 3.98. The molecule has 40 heavy (non-hydrogen) atoms. The molecule has 1 aliphatic carbocycles. The minimum absolute atomic E-state index is 0.0336. The molecule has 1 saturated heterocycles. The number of halogens is 1. The Kier molecular flexibility index (Phi) is 6.44. The number of rotatable bonds is 6. The van der Waals surface area contributed by atoms with E-state index in [4.69, 9.17) is 25.8 Å². The lowest BCUT2D eigenvalue weighted by atomic mass is 9.48. The highest BCUT2D eigenvalue weighted by Gasteiger charge is 2.78. The lowest BCUT2D eigenvalue weighted by molar-refractivity contribution is -0.228. The van der Waals surface area contributed by atoms with Gasteiger partial charge in [0.1, 0.15) is 18.5 Å². The summed E-state index contributed by atoms with van der Waals surface area (Å²) in [5.74, 6) is -0.355. The highest BCUT2D eigenvalue weighted by molar-refractivity contribution is 6.30. The van der Waals surface area contributed by atoms with E-state index in [9.17, 15) is 14.7 Å². The van der Waals surface area contributed by atoms with Crippen LogP contribution in [0.25, 0.3) is 0 Å². The van der Waals surface area contributed by atoms with Crippen LogP contribution in [0.1, 0.15) is 42.6 Å². The molecule has 4 aliphatic rings. The molecule has 1 N–H and O–H groups in total. The molecule has 0 unspecified atom stereocenters. The van der Waals surface area contributed by atoms with Gasteiger partial charge in [0, 0.05) is 54.2 Å². The minimum Gasteiger partial charge on any atom is -0.497 e. The maximum absolute atomic E-state index is 13.2. The molecule has 6 rings (SSSR count). The van der Waals surface area contributed by atoms with Crippen LogP contribution in [0.15, 0.2) is 54.6 Å². The standard InChI is InChI=1S/C31H35ClN2O6/c1-5-29-13-6-15-34-16-14-30(26(29)34)23-12-11-22(38-4)17-24(23)33(3)27(30)31(37,28(29)40-19(2)35)18-39-25(36)20-7-9-21(32)10-8-20/h6-13,17,26-28,37H,5,14-16,18H2,1-4H3/t26-,27+,28+,29+,30+,31-/m0/s1. The fourth-order valence-corrected chi connectivity index (χ4v) is 8.59. The van der Waals surface area contributed by atoms with Crippen molar-refractivity contribution in [3.8, 4) is 5.75 Å². The molecule has 212 valence electrons. The van der Waals surface area contributed by atoms with Gasteiger partial charge in [-0.1, -0.05) is 36.7 Å². The van der Waals surface area contributed by atoms with Crippen molar-refractivity contribution >= 4 is 29.2 Å². The summed E-state index contributed by atoms with van der Waals surface area (Å²) in [5, 5.41) is 13.5. The van der Waals surface area contributed by atoms with E-state index >= 15 is 0 Å². The Labute approximate surface area is 239 Å². The van der Waals surface area contributed by atoms with Gasteiger partial charge >= 0.3 is 11.9 Å². The molecular formula is C31H35ClN2O6. The SMILES string of the molecule is CC[C@]12C=CCN3CC[C@@]4(c5ccc(OC)cc5N(C)[C@H]4[C@@](O)(COC(=O)c4ccc(Cl)cc4)[C@@H]1OC(C)=O)[C@@H]32. The second kappa shape index (κ2) is 9.50. The van der Waals surface area contributed by atoms with Gasteiger partial charge in [0.25, 0.3) is 0 Å². The number of likely N-dealkylation sites (N-methyl/N-ethyl adjacent to an activating group) is 1. The fraction of sp³-hybridized carbons (Fsp3) is 0.484. The number of fused-ring (bicyclic) bond motifs is 1. The number of benzene rings is 2. The van der Waals surface area contributed by atoms with E-state index in [1.165, 1.54) is 6.92 Å². The van der Waals surface area contributed by atoms with Crippen molar-refractivity contribution in [2.24, 2.45) is 5.41 Å². The first-order valence-electron chi connectivity index (χ1n) is 13.8. The van der Waals surface area contributed by atoms with Crippen LogP contribution in [0.5, 0.6) is 5.75 Å². The summed E-state index contributed by atoms with van der Waals surface area (Å²) in [6, 6.07) is 11.9. The first kappa shape index (κ1) is 27.1. The second-order valence-electron chi connectivity index (χ2n) is 11.5. The monoisotopic (exact) mass is 566 g/mol. The topological polar surface area (TPSA) is 88.5 Å². The Morgan fingerprint density at radius 3 is 2.58 bits per heavy atom. The second-order valence-corrected chi connectivity index (χ2v) is 12.0. The average Bonchev–Trinajstić information content (AvgIpc) is 3.46. The Morgan fingerprint density at radius 1 is 1.15 bits per heavy atom. The number of hydrogen-bond acceptors (Lipinski definition) is 8. The van der Waals surface area contributed by atoms with Crippen LogP contribution in [-0.4, -0.2) is 79.6 Å². The highest BCUT2D eigenvalue weighted by atomic mass is 35.5. The van der Waals surface area contributed by atoms with E-state index < -0.39 is 40.5 Å². The van der Waals surface area contributed by atoms with Gasteiger partial charge in [-0.15, -0.1) is 0 Å². The maximum Gasteiger partial charge on any atom is 0.338 e. The van der Waals surface area contributed by atoms with Crippen molar-refractivity contribution in [2.45, 2.75) is 55.9 Å². The van der Waals surface area contributed by atoms with Crippen molar-refractivity contribution in [1.29, 1.82) is 0 Å². The molecule has 0 bridgehead atoms. The third-order valence-corrected chi connectivity index (χ3v) is 9.98. The highest BCUT2D eigenvalue weighted by Crippen LogP contribution is 2.67.